The number of piperidine rings is 1. The van der Waals surface area contributed by atoms with Crippen molar-refractivity contribution in [2.24, 2.45) is 11.1 Å². The van der Waals surface area contributed by atoms with Crippen molar-refractivity contribution >= 4 is 0 Å². The van der Waals surface area contributed by atoms with Crippen molar-refractivity contribution in [2.75, 3.05) is 19.6 Å². The van der Waals surface area contributed by atoms with Crippen molar-refractivity contribution in [1.82, 2.24) is 9.88 Å². The number of nitrogens with zero attached hydrogens (tertiary/aromatic N) is 2. The van der Waals surface area contributed by atoms with Gasteiger partial charge < -0.3 is 5.73 Å². The van der Waals surface area contributed by atoms with Crippen molar-refractivity contribution < 1.29 is 0 Å². The third kappa shape index (κ3) is 3.29. The summed E-state index contributed by atoms with van der Waals surface area (Å²) < 4.78 is 0. The van der Waals surface area contributed by atoms with E-state index in [9.17, 15) is 0 Å². The van der Waals surface area contributed by atoms with Crippen LogP contribution in [-0.4, -0.2) is 29.5 Å². The van der Waals surface area contributed by atoms with E-state index in [1.54, 1.807) is 0 Å². The minimum atomic E-state index is 0.346. The van der Waals surface area contributed by atoms with Crippen LogP contribution in [0.4, 0.5) is 0 Å². The number of rotatable bonds is 3. The molecular formula is C18H29N3. The summed E-state index contributed by atoms with van der Waals surface area (Å²) in [7, 11) is 0. The summed E-state index contributed by atoms with van der Waals surface area (Å²) in [6.07, 6.45) is 12.0. The molecule has 1 unspecified atom stereocenters. The third-order valence-electron chi connectivity index (χ3n) is 5.76. The molecule has 1 aliphatic heterocycles. The molecule has 1 saturated heterocycles. The number of pyridine rings is 1. The molecule has 1 aromatic rings. The maximum absolute atomic E-state index is 6.07. The summed E-state index contributed by atoms with van der Waals surface area (Å²) in [6, 6.07) is 4.65. The van der Waals surface area contributed by atoms with E-state index in [0.717, 1.165) is 5.69 Å². The van der Waals surface area contributed by atoms with E-state index in [2.05, 4.69) is 22.0 Å². The van der Waals surface area contributed by atoms with Crippen LogP contribution in [0, 0.1) is 12.3 Å². The number of hydrogen-bond acceptors (Lipinski definition) is 3. The molecule has 1 spiro atoms. The molecule has 3 nitrogen and oxygen atoms in total. The van der Waals surface area contributed by atoms with Crippen LogP contribution >= 0.6 is 0 Å². The highest BCUT2D eigenvalue weighted by Crippen LogP contribution is 2.45. The lowest BCUT2D eigenvalue weighted by molar-refractivity contribution is 0.0463. The first-order valence-corrected chi connectivity index (χ1v) is 8.59. The summed E-state index contributed by atoms with van der Waals surface area (Å²) in [5, 5.41) is 0. The summed E-state index contributed by atoms with van der Waals surface area (Å²) in [5.74, 6) is 0. The van der Waals surface area contributed by atoms with Crippen LogP contribution in [0.2, 0.25) is 0 Å². The van der Waals surface area contributed by atoms with Crippen molar-refractivity contribution in [2.45, 2.75) is 57.9 Å². The van der Waals surface area contributed by atoms with E-state index >= 15 is 0 Å². The topological polar surface area (TPSA) is 42.1 Å². The van der Waals surface area contributed by atoms with E-state index in [-0.39, 0.29) is 0 Å². The smallest absolute Gasteiger partial charge is 0.0485 e. The van der Waals surface area contributed by atoms with E-state index in [1.807, 2.05) is 13.1 Å². The second-order valence-electron chi connectivity index (χ2n) is 7.08. The van der Waals surface area contributed by atoms with Gasteiger partial charge in [0.05, 0.1) is 0 Å². The van der Waals surface area contributed by atoms with Gasteiger partial charge in [-0.1, -0.05) is 25.3 Å². The molecule has 3 rings (SSSR count). The van der Waals surface area contributed by atoms with E-state index in [4.69, 9.17) is 5.73 Å². The van der Waals surface area contributed by atoms with Crippen molar-refractivity contribution in [1.29, 1.82) is 0 Å². The molecule has 2 N–H and O–H groups in total. The molecule has 3 heteroatoms. The number of likely N-dealkylation sites (tertiary alicyclic amines) is 1. The Kier molecular flexibility index (Phi) is 4.60. The van der Waals surface area contributed by atoms with E-state index in [0.29, 0.717) is 18.0 Å². The third-order valence-corrected chi connectivity index (χ3v) is 5.76. The average Bonchev–Trinajstić information content (AvgIpc) is 2.53. The molecule has 0 amide bonds. The monoisotopic (exact) mass is 287 g/mol. The van der Waals surface area contributed by atoms with E-state index in [1.165, 1.54) is 63.6 Å². The standard InChI is InChI=1S/C18H29N3/c1-15-5-6-16(14-20-15)17(13-19)21-11-9-18(10-12-21)7-3-2-4-8-18/h5-6,14,17H,2-4,7-13,19H2,1H3. The van der Waals surface area contributed by atoms with Crippen LogP contribution in [-0.2, 0) is 0 Å². The lowest BCUT2D eigenvalue weighted by Crippen LogP contribution is -2.44. The molecule has 0 aromatic carbocycles. The second kappa shape index (κ2) is 6.45. The number of aromatic nitrogens is 1. The molecule has 1 aromatic heterocycles. The van der Waals surface area contributed by atoms with Gasteiger partial charge >= 0.3 is 0 Å². The Morgan fingerprint density at radius 1 is 1.14 bits per heavy atom. The normalized spacial score (nSPS) is 24.1. The molecule has 2 fully saturated rings. The van der Waals surface area contributed by atoms with Crippen molar-refractivity contribution in [3.63, 3.8) is 0 Å². The van der Waals surface area contributed by atoms with Gasteiger partial charge in [-0.3, -0.25) is 9.88 Å². The molecule has 0 bridgehead atoms. The van der Waals surface area contributed by atoms with Gasteiger partial charge in [0, 0.05) is 24.5 Å². The maximum Gasteiger partial charge on any atom is 0.0485 e. The highest BCUT2D eigenvalue weighted by atomic mass is 15.2. The Morgan fingerprint density at radius 2 is 1.86 bits per heavy atom. The Labute approximate surface area is 128 Å². The van der Waals surface area contributed by atoms with Gasteiger partial charge in [0.1, 0.15) is 0 Å². The van der Waals surface area contributed by atoms with Crippen molar-refractivity contribution in [3.8, 4) is 0 Å². The van der Waals surface area contributed by atoms with Crippen LogP contribution in [0.1, 0.15) is 62.2 Å². The minimum Gasteiger partial charge on any atom is -0.329 e. The van der Waals surface area contributed by atoms with Crippen LogP contribution in [0.3, 0.4) is 0 Å². The average molecular weight is 287 g/mol. The highest BCUT2D eigenvalue weighted by Gasteiger charge is 2.37. The number of aryl methyl sites for hydroxylation is 1. The highest BCUT2D eigenvalue weighted by molar-refractivity contribution is 5.18. The second-order valence-corrected chi connectivity index (χ2v) is 7.08. The SMILES string of the molecule is Cc1ccc(C(CN)N2CCC3(CCCCC3)CC2)cn1. The summed E-state index contributed by atoms with van der Waals surface area (Å²) in [4.78, 5) is 7.03. The predicted molar refractivity (Wildman–Crippen MR) is 87.1 cm³/mol. The molecule has 1 saturated carbocycles. The van der Waals surface area contributed by atoms with Gasteiger partial charge in [-0.25, -0.2) is 0 Å². The number of hydrogen-bond donors (Lipinski definition) is 1. The Hall–Kier alpha value is -0.930. The summed E-state index contributed by atoms with van der Waals surface area (Å²) in [6.45, 7) is 5.14. The lowest BCUT2D eigenvalue weighted by Gasteiger charge is -2.46. The van der Waals surface area contributed by atoms with E-state index < -0.39 is 0 Å². The fourth-order valence-electron chi connectivity index (χ4n) is 4.28. The first-order chi connectivity index (χ1) is 10.2. The molecule has 0 radical (unpaired) electrons. The minimum absolute atomic E-state index is 0.346. The first-order valence-electron chi connectivity index (χ1n) is 8.59. The van der Waals surface area contributed by atoms with Gasteiger partial charge in [-0.15, -0.1) is 0 Å². The fraction of sp³-hybridized carbons (Fsp3) is 0.722. The molecule has 2 heterocycles. The fourth-order valence-corrected chi connectivity index (χ4v) is 4.28. The first kappa shape index (κ1) is 15.0. The lowest BCUT2D eigenvalue weighted by atomic mass is 9.68. The predicted octanol–water partition coefficient (Wildman–Crippen LogP) is 3.44. The Morgan fingerprint density at radius 3 is 2.43 bits per heavy atom. The Balaban J connectivity index is 1.65. The molecular weight excluding hydrogens is 258 g/mol. The van der Waals surface area contributed by atoms with Crippen LogP contribution < -0.4 is 5.73 Å². The number of nitrogens with two attached hydrogens (primary N) is 1. The van der Waals surface area contributed by atoms with Gasteiger partial charge in [0.15, 0.2) is 0 Å². The van der Waals surface area contributed by atoms with Gasteiger partial charge in [-0.2, -0.15) is 0 Å². The summed E-state index contributed by atoms with van der Waals surface area (Å²) >= 11 is 0. The van der Waals surface area contributed by atoms with Crippen LogP contribution in [0.25, 0.3) is 0 Å². The van der Waals surface area contributed by atoms with Crippen LogP contribution in [0.5, 0.6) is 0 Å². The molecule has 1 aliphatic carbocycles. The zero-order valence-corrected chi connectivity index (χ0v) is 13.4. The molecule has 116 valence electrons. The summed E-state index contributed by atoms with van der Waals surface area (Å²) in [5.41, 5.74) is 9.10. The zero-order chi connectivity index (χ0) is 14.7. The molecule has 1 atom stereocenters. The van der Waals surface area contributed by atoms with Crippen molar-refractivity contribution in [3.05, 3.63) is 29.6 Å². The quantitative estimate of drug-likeness (QED) is 0.926. The zero-order valence-electron chi connectivity index (χ0n) is 13.4. The van der Waals surface area contributed by atoms with Gasteiger partial charge in [0.25, 0.3) is 0 Å². The van der Waals surface area contributed by atoms with Gasteiger partial charge in [0.2, 0.25) is 0 Å². The van der Waals surface area contributed by atoms with Crippen LogP contribution in [0.15, 0.2) is 18.3 Å². The maximum atomic E-state index is 6.07. The molecule has 21 heavy (non-hydrogen) atoms. The van der Waals surface area contributed by atoms with Gasteiger partial charge in [-0.05, 0) is 62.7 Å². The molecule has 2 aliphatic rings. The largest absolute Gasteiger partial charge is 0.329 e. The Bertz CT molecular complexity index is 438.